The molecule has 0 aliphatic rings. The maximum Gasteiger partial charge on any atom is 0.142 e. The summed E-state index contributed by atoms with van der Waals surface area (Å²) in [4.78, 5) is 9.83. The Morgan fingerprint density at radius 3 is 2.64 bits per heavy atom. The molecule has 0 unspecified atom stereocenters. The van der Waals surface area contributed by atoms with Crippen molar-refractivity contribution in [1.29, 1.82) is 0 Å². The molecule has 0 aromatic heterocycles. The first kappa shape index (κ1) is 10.2. The van der Waals surface area contributed by atoms with Gasteiger partial charge in [-0.3, -0.25) is 4.79 Å². The normalized spacial score (nSPS) is 11.4. The van der Waals surface area contributed by atoms with Gasteiger partial charge < -0.3 is 0 Å². The zero-order valence-electron chi connectivity index (χ0n) is 7.12. The molecule has 0 saturated heterocycles. The molecule has 0 aromatic carbocycles. The molecule has 0 amide bonds. The molecule has 1 nitrogen and oxygen atoms in total. The molecule has 1 heteroatoms. The van der Waals surface area contributed by atoms with Crippen LogP contribution in [0.3, 0.4) is 0 Å². The quantitative estimate of drug-likeness (QED) is 0.247. The fourth-order valence-corrected chi connectivity index (χ4v) is 0.749. The first-order valence-corrected chi connectivity index (χ1v) is 4.17. The van der Waals surface area contributed by atoms with E-state index in [9.17, 15) is 4.79 Å². The largest absolute Gasteiger partial charge is 0.299 e. The molecule has 0 aliphatic carbocycles. The van der Waals surface area contributed by atoms with E-state index >= 15 is 0 Å². The summed E-state index contributed by atoms with van der Waals surface area (Å²) in [5, 5.41) is 0. The first-order chi connectivity index (χ1) is 5.41. The molecule has 0 bridgehead atoms. The van der Waals surface area contributed by atoms with E-state index in [1.807, 2.05) is 6.08 Å². The topological polar surface area (TPSA) is 17.1 Å². The minimum atomic E-state index is 0.805. The SMILES string of the molecule is CCCC/C=C\C/C=C/C=O. The number of carbonyl (C=O) groups is 1. The van der Waals surface area contributed by atoms with Gasteiger partial charge in [0.2, 0.25) is 0 Å². The number of hydrogen-bond acceptors (Lipinski definition) is 1. The monoisotopic (exact) mass is 152 g/mol. The van der Waals surface area contributed by atoms with Crippen LogP contribution in [0.5, 0.6) is 0 Å². The van der Waals surface area contributed by atoms with Crippen LogP contribution in [-0.4, -0.2) is 6.29 Å². The van der Waals surface area contributed by atoms with Crippen molar-refractivity contribution in [2.24, 2.45) is 0 Å². The van der Waals surface area contributed by atoms with Gasteiger partial charge in [0.1, 0.15) is 6.29 Å². The van der Waals surface area contributed by atoms with Crippen molar-refractivity contribution in [3.05, 3.63) is 24.3 Å². The molecular formula is C10H16O. The Hall–Kier alpha value is -0.850. The second kappa shape index (κ2) is 9.15. The second-order valence-corrected chi connectivity index (χ2v) is 2.41. The van der Waals surface area contributed by atoms with Crippen molar-refractivity contribution in [1.82, 2.24) is 0 Å². The summed E-state index contributed by atoms with van der Waals surface area (Å²) in [6.07, 6.45) is 13.0. The van der Waals surface area contributed by atoms with E-state index in [1.54, 1.807) is 0 Å². The van der Waals surface area contributed by atoms with Gasteiger partial charge in [-0.25, -0.2) is 0 Å². The average molecular weight is 152 g/mol. The van der Waals surface area contributed by atoms with Crippen LogP contribution in [0.1, 0.15) is 32.6 Å². The van der Waals surface area contributed by atoms with E-state index < -0.39 is 0 Å². The number of rotatable bonds is 6. The van der Waals surface area contributed by atoms with Gasteiger partial charge in [-0.15, -0.1) is 0 Å². The van der Waals surface area contributed by atoms with Crippen molar-refractivity contribution >= 4 is 6.29 Å². The van der Waals surface area contributed by atoms with E-state index in [-0.39, 0.29) is 0 Å². The van der Waals surface area contributed by atoms with E-state index in [0.29, 0.717) is 0 Å². The molecule has 0 atom stereocenters. The van der Waals surface area contributed by atoms with Gasteiger partial charge in [-0.1, -0.05) is 38.0 Å². The van der Waals surface area contributed by atoms with Crippen molar-refractivity contribution in [2.75, 3.05) is 0 Å². The van der Waals surface area contributed by atoms with Crippen molar-refractivity contribution in [2.45, 2.75) is 32.6 Å². The predicted octanol–water partition coefficient (Wildman–Crippen LogP) is 2.88. The molecule has 0 radical (unpaired) electrons. The minimum absolute atomic E-state index is 0.805. The highest BCUT2D eigenvalue weighted by Gasteiger charge is 1.76. The van der Waals surface area contributed by atoms with Crippen LogP contribution >= 0.6 is 0 Å². The molecule has 0 heterocycles. The van der Waals surface area contributed by atoms with E-state index in [0.717, 1.165) is 19.1 Å². The third-order valence-corrected chi connectivity index (χ3v) is 1.38. The van der Waals surface area contributed by atoms with Gasteiger partial charge in [0.15, 0.2) is 0 Å². The van der Waals surface area contributed by atoms with Gasteiger partial charge in [0, 0.05) is 0 Å². The van der Waals surface area contributed by atoms with Crippen LogP contribution in [0.2, 0.25) is 0 Å². The highest BCUT2D eigenvalue weighted by molar-refractivity contribution is 5.64. The smallest absolute Gasteiger partial charge is 0.142 e. The summed E-state index contributed by atoms with van der Waals surface area (Å²) in [6, 6.07) is 0. The van der Waals surface area contributed by atoms with Crippen LogP contribution in [0.4, 0.5) is 0 Å². The third kappa shape index (κ3) is 9.15. The molecule has 0 aromatic rings. The lowest BCUT2D eigenvalue weighted by Gasteiger charge is -1.86. The zero-order chi connectivity index (χ0) is 8.36. The zero-order valence-corrected chi connectivity index (χ0v) is 7.12. The standard InChI is InChI=1S/C10H16O/c1-2-3-4-5-6-7-8-9-10-11/h5-6,8-10H,2-4,7H2,1H3/b6-5-,9-8+. The Morgan fingerprint density at radius 1 is 1.18 bits per heavy atom. The number of aldehydes is 1. The van der Waals surface area contributed by atoms with E-state index in [1.165, 1.54) is 18.9 Å². The lowest BCUT2D eigenvalue weighted by molar-refractivity contribution is -0.104. The highest BCUT2D eigenvalue weighted by Crippen LogP contribution is 1.96. The van der Waals surface area contributed by atoms with Gasteiger partial charge in [-0.2, -0.15) is 0 Å². The van der Waals surface area contributed by atoms with E-state index in [4.69, 9.17) is 0 Å². The molecule has 0 saturated carbocycles. The van der Waals surface area contributed by atoms with Gasteiger partial charge in [0.25, 0.3) is 0 Å². The molecular weight excluding hydrogens is 136 g/mol. The summed E-state index contributed by atoms with van der Waals surface area (Å²) < 4.78 is 0. The summed E-state index contributed by atoms with van der Waals surface area (Å²) in [7, 11) is 0. The minimum Gasteiger partial charge on any atom is -0.299 e. The average Bonchev–Trinajstić information content (AvgIpc) is 2.03. The summed E-state index contributed by atoms with van der Waals surface area (Å²) >= 11 is 0. The number of carbonyl (C=O) groups excluding carboxylic acids is 1. The number of unbranched alkanes of at least 4 members (excludes halogenated alkanes) is 2. The Labute approximate surface area is 68.8 Å². The Balaban J connectivity index is 3.15. The van der Waals surface area contributed by atoms with Crippen molar-refractivity contribution in [3.63, 3.8) is 0 Å². The van der Waals surface area contributed by atoms with Crippen LogP contribution in [0, 0.1) is 0 Å². The Morgan fingerprint density at radius 2 is 2.00 bits per heavy atom. The fraction of sp³-hybridized carbons (Fsp3) is 0.500. The maximum atomic E-state index is 9.83. The molecule has 11 heavy (non-hydrogen) atoms. The first-order valence-electron chi connectivity index (χ1n) is 4.17. The molecule has 0 spiro atoms. The van der Waals surface area contributed by atoms with Gasteiger partial charge >= 0.3 is 0 Å². The van der Waals surface area contributed by atoms with Crippen molar-refractivity contribution in [3.8, 4) is 0 Å². The molecule has 0 aliphatic heterocycles. The summed E-state index contributed by atoms with van der Waals surface area (Å²) in [6.45, 7) is 2.18. The predicted molar refractivity (Wildman–Crippen MR) is 48.5 cm³/mol. The Bertz CT molecular complexity index is 134. The van der Waals surface area contributed by atoms with Gasteiger partial charge in [0.05, 0.1) is 0 Å². The molecule has 62 valence electrons. The third-order valence-electron chi connectivity index (χ3n) is 1.38. The molecule has 0 N–H and O–H groups in total. The maximum absolute atomic E-state index is 9.83. The van der Waals surface area contributed by atoms with Gasteiger partial charge in [-0.05, 0) is 18.9 Å². The van der Waals surface area contributed by atoms with Crippen LogP contribution in [0.15, 0.2) is 24.3 Å². The summed E-state index contributed by atoms with van der Waals surface area (Å²) in [5.74, 6) is 0. The fourth-order valence-electron chi connectivity index (χ4n) is 0.749. The second-order valence-electron chi connectivity index (χ2n) is 2.41. The lowest BCUT2D eigenvalue weighted by Crippen LogP contribution is -1.66. The highest BCUT2D eigenvalue weighted by atomic mass is 16.1. The molecule has 0 rings (SSSR count). The lowest BCUT2D eigenvalue weighted by atomic mass is 10.2. The number of allylic oxidation sites excluding steroid dienone is 4. The van der Waals surface area contributed by atoms with E-state index in [2.05, 4.69) is 19.1 Å². The molecule has 0 fully saturated rings. The van der Waals surface area contributed by atoms with Crippen LogP contribution in [0.25, 0.3) is 0 Å². The van der Waals surface area contributed by atoms with Crippen molar-refractivity contribution < 1.29 is 4.79 Å². The summed E-state index contributed by atoms with van der Waals surface area (Å²) in [5.41, 5.74) is 0. The van der Waals surface area contributed by atoms with Crippen LogP contribution in [-0.2, 0) is 4.79 Å². The number of hydrogen-bond donors (Lipinski definition) is 0. The Kier molecular flexibility index (Phi) is 8.44. The van der Waals surface area contributed by atoms with Crippen LogP contribution < -0.4 is 0 Å².